The second kappa shape index (κ2) is 5.46. The number of benzene rings is 1. The SMILES string of the molecule is COC(=O)c1cc(Cl)ccc1C(Br)C(C)=O. The second-order valence-corrected chi connectivity index (χ2v) is 4.55. The lowest BCUT2D eigenvalue weighted by Gasteiger charge is -2.11. The summed E-state index contributed by atoms with van der Waals surface area (Å²) in [5.41, 5.74) is 0.857. The summed E-state index contributed by atoms with van der Waals surface area (Å²) in [4.78, 5) is 22.2. The molecule has 0 saturated heterocycles. The molecule has 5 heteroatoms. The highest BCUT2D eigenvalue weighted by molar-refractivity contribution is 9.09. The van der Waals surface area contributed by atoms with Gasteiger partial charge in [-0.2, -0.15) is 0 Å². The molecule has 0 N–H and O–H groups in total. The van der Waals surface area contributed by atoms with E-state index in [-0.39, 0.29) is 5.78 Å². The molecule has 0 saturated carbocycles. The molecule has 0 aromatic heterocycles. The van der Waals surface area contributed by atoms with Crippen molar-refractivity contribution in [2.45, 2.75) is 11.8 Å². The first kappa shape index (κ1) is 13.2. The number of esters is 1. The molecule has 1 aromatic carbocycles. The normalized spacial score (nSPS) is 12.0. The van der Waals surface area contributed by atoms with Crippen LogP contribution in [0.25, 0.3) is 0 Å². The Kier molecular flexibility index (Phi) is 4.50. The first-order valence-electron chi connectivity index (χ1n) is 4.49. The first-order valence-corrected chi connectivity index (χ1v) is 5.79. The van der Waals surface area contributed by atoms with Gasteiger partial charge in [-0.3, -0.25) is 4.79 Å². The van der Waals surface area contributed by atoms with Crippen LogP contribution in [0.4, 0.5) is 0 Å². The van der Waals surface area contributed by atoms with Crippen LogP contribution in [0.2, 0.25) is 5.02 Å². The fourth-order valence-electron chi connectivity index (χ4n) is 1.26. The van der Waals surface area contributed by atoms with Crippen molar-refractivity contribution in [2.24, 2.45) is 0 Å². The summed E-state index contributed by atoms with van der Waals surface area (Å²) in [7, 11) is 1.28. The van der Waals surface area contributed by atoms with E-state index in [9.17, 15) is 9.59 Å². The van der Waals surface area contributed by atoms with Crippen LogP contribution in [0.15, 0.2) is 18.2 Å². The van der Waals surface area contributed by atoms with E-state index in [0.29, 0.717) is 16.1 Å². The van der Waals surface area contributed by atoms with Gasteiger partial charge in [0.2, 0.25) is 0 Å². The molecule has 0 amide bonds. The van der Waals surface area contributed by atoms with Gasteiger partial charge in [-0.05, 0) is 24.6 Å². The van der Waals surface area contributed by atoms with E-state index in [0.717, 1.165) is 0 Å². The zero-order valence-electron chi connectivity index (χ0n) is 8.79. The molecule has 0 aliphatic carbocycles. The summed E-state index contributed by atoms with van der Waals surface area (Å²) in [5.74, 6) is -0.601. The molecule has 1 aromatic rings. The van der Waals surface area contributed by atoms with Crippen molar-refractivity contribution >= 4 is 39.3 Å². The Balaban J connectivity index is 3.27. The fourth-order valence-corrected chi connectivity index (χ4v) is 1.83. The van der Waals surface area contributed by atoms with Crippen LogP contribution in [-0.2, 0) is 9.53 Å². The van der Waals surface area contributed by atoms with Crippen molar-refractivity contribution in [1.29, 1.82) is 0 Å². The zero-order chi connectivity index (χ0) is 12.3. The van der Waals surface area contributed by atoms with E-state index in [2.05, 4.69) is 20.7 Å². The number of carbonyl (C=O) groups is 2. The van der Waals surface area contributed by atoms with Crippen LogP contribution in [0.3, 0.4) is 0 Å². The second-order valence-electron chi connectivity index (χ2n) is 3.20. The number of ketones is 1. The van der Waals surface area contributed by atoms with E-state index in [1.54, 1.807) is 12.1 Å². The van der Waals surface area contributed by atoms with Gasteiger partial charge in [0.1, 0.15) is 5.78 Å². The van der Waals surface area contributed by atoms with Crippen molar-refractivity contribution in [2.75, 3.05) is 7.11 Å². The molecule has 0 radical (unpaired) electrons. The van der Waals surface area contributed by atoms with Gasteiger partial charge >= 0.3 is 5.97 Å². The summed E-state index contributed by atoms with van der Waals surface area (Å²) >= 11 is 9.02. The highest BCUT2D eigenvalue weighted by Crippen LogP contribution is 2.29. The molecular weight excluding hydrogens is 295 g/mol. The molecule has 0 bridgehead atoms. The Hall–Kier alpha value is -0.870. The minimum Gasteiger partial charge on any atom is -0.465 e. The predicted octanol–water partition coefficient (Wildman–Crippen LogP) is 3.15. The van der Waals surface area contributed by atoms with Gasteiger partial charge in [-0.25, -0.2) is 4.79 Å². The third kappa shape index (κ3) is 2.83. The molecule has 0 heterocycles. The molecule has 86 valence electrons. The Bertz CT molecular complexity index is 431. The topological polar surface area (TPSA) is 43.4 Å². The number of halogens is 2. The summed E-state index contributed by atoms with van der Waals surface area (Å²) in [6, 6.07) is 4.75. The van der Waals surface area contributed by atoms with E-state index < -0.39 is 10.8 Å². The molecule has 0 spiro atoms. The Labute approximate surface area is 107 Å². The largest absolute Gasteiger partial charge is 0.465 e. The highest BCUT2D eigenvalue weighted by atomic mass is 79.9. The van der Waals surface area contributed by atoms with E-state index in [1.165, 1.54) is 20.1 Å². The van der Waals surface area contributed by atoms with Gasteiger partial charge in [-0.1, -0.05) is 33.6 Å². The number of carbonyl (C=O) groups excluding carboxylic acids is 2. The van der Waals surface area contributed by atoms with Gasteiger partial charge in [0.15, 0.2) is 0 Å². The van der Waals surface area contributed by atoms with Crippen molar-refractivity contribution in [3.63, 3.8) is 0 Å². The quantitative estimate of drug-likeness (QED) is 0.636. The number of ether oxygens (including phenoxy) is 1. The minimum absolute atomic E-state index is 0.0903. The van der Waals surface area contributed by atoms with Crippen molar-refractivity contribution < 1.29 is 14.3 Å². The zero-order valence-corrected chi connectivity index (χ0v) is 11.1. The van der Waals surface area contributed by atoms with Gasteiger partial charge in [0.25, 0.3) is 0 Å². The molecule has 1 atom stereocenters. The maximum absolute atomic E-state index is 11.5. The smallest absolute Gasteiger partial charge is 0.338 e. The molecule has 0 fully saturated rings. The van der Waals surface area contributed by atoms with Crippen molar-refractivity contribution in [1.82, 2.24) is 0 Å². The average molecular weight is 306 g/mol. The summed E-state index contributed by atoms with van der Waals surface area (Å²) < 4.78 is 4.63. The van der Waals surface area contributed by atoms with Crippen LogP contribution in [0.5, 0.6) is 0 Å². The minimum atomic E-state index is -0.529. The van der Waals surface area contributed by atoms with Crippen molar-refractivity contribution in [3.8, 4) is 0 Å². The first-order chi connectivity index (χ1) is 7.47. The molecule has 1 rings (SSSR count). The standard InChI is InChI=1S/C11H10BrClO3/c1-6(14)10(12)8-4-3-7(13)5-9(8)11(15)16-2/h3-5,10H,1-2H3. The summed E-state index contributed by atoms with van der Waals surface area (Å²) in [6.45, 7) is 1.44. The summed E-state index contributed by atoms with van der Waals surface area (Å²) in [6.07, 6.45) is 0. The lowest BCUT2D eigenvalue weighted by atomic mass is 10.0. The number of Topliss-reactive ketones (excluding diaryl/α,β-unsaturated/α-hetero) is 1. The monoisotopic (exact) mass is 304 g/mol. The molecule has 0 aliphatic rings. The van der Waals surface area contributed by atoms with Gasteiger partial charge in [-0.15, -0.1) is 0 Å². The van der Waals surface area contributed by atoms with Crippen LogP contribution < -0.4 is 0 Å². The Morgan fingerprint density at radius 2 is 2.06 bits per heavy atom. The Morgan fingerprint density at radius 1 is 1.44 bits per heavy atom. The third-order valence-electron chi connectivity index (χ3n) is 2.05. The predicted molar refractivity (Wildman–Crippen MR) is 65.1 cm³/mol. The average Bonchev–Trinajstić information content (AvgIpc) is 2.26. The molecule has 0 aliphatic heterocycles. The number of methoxy groups -OCH3 is 1. The van der Waals surface area contributed by atoms with Crippen LogP contribution >= 0.6 is 27.5 Å². The van der Waals surface area contributed by atoms with Gasteiger partial charge < -0.3 is 4.74 Å². The van der Waals surface area contributed by atoms with E-state index in [1.807, 2.05) is 0 Å². The van der Waals surface area contributed by atoms with Gasteiger partial charge in [0, 0.05) is 5.02 Å². The van der Waals surface area contributed by atoms with Crippen LogP contribution in [0.1, 0.15) is 27.7 Å². The van der Waals surface area contributed by atoms with Crippen molar-refractivity contribution in [3.05, 3.63) is 34.3 Å². The molecular formula is C11H10BrClO3. The van der Waals surface area contributed by atoms with E-state index >= 15 is 0 Å². The Morgan fingerprint density at radius 3 is 2.56 bits per heavy atom. The van der Waals surface area contributed by atoms with E-state index in [4.69, 9.17) is 11.6 Å². The number of hydrogen-bond donors (Lipinski definition) is 0. The number of rotatable bonds is 3. The van der Waals surface area contributed by atoms with Crippen LogP contribution in [0, 0.1) is 0 Å². The molecule has 16 heavy (non-hydrogen) atoms. The fraction of sp³-hybridized carbons (Fsp3) is 0.273. The number of hydrogen-bond acceptors (Lipinski definition) is 3. The highest BCUT2D eigenvalue weighted by Gasteiger charge is 2.21. The maximum atomic E-state index is 11.5. The summed E-state index contributed by atoms with van der Waals surface area (Å²) in [5, 5.41) is 0.424. The maximum Gasteiger partial charge on any atom is 0.338 e. The van der Waals surface area contributed by atoms with Gasteiger partial charge in [0.05, 0.1) is 17.5 Å². The molecule has 1 unspecified atom stereocenters. The number of alkyl halides is 1. The van der Waals surface area contributed by atoms with Crippen LogP contribution in [-0.4, -0.2) is 18.9 Å². The molecule has 3 nitrogen and oxygen atoms in total. The third-order valence-corrected chi connectivity index (χ3v) is 3.42. The lowest BCUT2D eigenvalue weighted by Crippen LogP contribution is -2.10. The lowest BCUT2D eigenvalue weighted by molar-refractivity contribution is -0.116.